The third-order valence-corrected chi connectivity index (χ3v) is 3.41. The van der Waals surface area contributed by atoms with E-state index >= 15 is 0 Å². The summed E-state index contributed by atoms with van der Waals surface area (Å²) in [6.45, 7) is 13.3. The third-order valence-electron chi connectivity index (χ3n) is 2.47. The summed E-state index contributed by atoms with van der Waals surface area (Å²) < 4.78 is 5.84. The minimum atomic E-state index is 0.0866. The summed E-state index contributed by atoms with van der Waals surface area (Å²) in [7, 11) is 0. The summed E-state index contributed by atoms with van der Waals surface area (Å²) in [5, 5.41) is 6.50. The maximum absolute atomic E-state index is 5.84. The number of nitrogens with zero attached hydrogens (tertiary/aromatic N) is 1. The average Bonchev–Trinajstić information content (AvgIpc) is 2.69. The molecule has 1 unspecified atom stereocenters. The minimum absolute atomic E-state index is 0.0866. The monoisotopic (exact) mass is 256 g/mol. The Hall–Kier alpha value is -0.450. The molecule has 1 aromatic rings. The molecule has 0 aliphatic rings. The summed E-state index contributed by atoms with van der Waals surface area (Å²) in [6, 6.07) is 0. The molecule has 1 heterocycles. The van der Waals surface area contributed by atoms with Crippen molar-refractivity contribution in [2.24, 2.45) is 5.41 Å². The molecule has 0 radical (unpaired) electrons. The van der Waals surface area contributed by atoms with Crippen LogP contribution in [0.15, 0.2) is 5.38 Å². The Morgan fingerprint density at radius 2 is 2.12 bits per heavy atom. The molecule has 0 aliphatic heterocycles. The third kappa shape index (κ3) is 4.37. The molecule has 0 spiro atoms. The SMILES string of the molecule is CCNCc1csc(C(OCC)C(C)(C)C)n1. The highest BCUT2D eigenvalue weighted by atomic mass is 32.1. The van der Waals surface area contributed by atoms with E-state index in [1.807, 2.05) is 6.92 Å². The van der Waals surface area contributed by atoms with Crippen LogP contribution in [0.2, 0.25) is 0 Å². The van der Waals surface area contributed by atoms with Gasteiger partial charge in [-0.1, -0.05) is 27.7 Å². The Labute approximate surface area is 109 Å². The van der Waals surface area contributed by atoms with E-state index in [1.54, 1.807) is 11.3 Å². The number of rotatable bonds is 6. The first-order valence-electron chi connectivity index (χ1n) is 6.25. The summed E-state index contributed by atoms with van der Waals surface area (Å²) in [4.78, 5) is 4.66. The summed E-state index contributed by atoms with van der Waals surface area (Å²) in [5.41, 5.74) is 1.20. The zero-order chi connectivity index (χ0) is 12.9. The second-order valence-electron chi connectivity index (χ2n) is 5.16. The Morgan fingerprint density at radius 3 is 2.65 bits per heavy atom. The highest BCUT2D eigenvalue weighted by molar-refractivity contribution is 7.09. The molecule has 4 heteroatoms. The van der Waals surface area contributed by atoms with Gasteiger partial charge >= 0.3 is 0 Å². The fourth-order valence-electron chi connectivity index (χ4n) is 1.64. The first kappa shape index (κ1) is 14.6. The van der Waals surface area contributed by atoms with E-state index in [-0.39, 0.29) is 11.5 Å². The van der Waals surface area contributed by atoms with Gasteiger partial charge < -0.3 is 10.1 Å². The predicted molar refractivity (Wildman–Crippen MR) is 73.3 cm³/mol. The van der Waals surface area contributed by atoms with Crippen LogP contribution in [-0.2, 0) is 11.3 Å². The Kier molecular flexibility index (Phi) is 5.56. The van der Waals surface area contributed by atoms with Crippen LogP contribution >= 0.6 is 11.3 Å². The van der Waals surface area contributed by atoms with Gasteiger partial charge in [-0.05, 0) is 18.9 Å². The summed E-state index contributed by atoms with van der Waals surface area (Å²) in [5.74, 6) is 0. The summed E-state index contributed by atoms with van der Waals surface area (Å²) >= 11 is 1.70. The van der Waals surface area contributed by atoms with Crippen molar-refractivity contribution >= 4 is 11.3 Å². The lowest BCUT2D eigenvalue weighted by molar-refractivity contribution is -0.0134. The predicted octanol–water partition coefficient (Wildman–Crippen LogP) is 3.38. The first-order valence-corrected chi connectivity index (χ1v) is 7.13. The number of thiazole rings is 1. The van der Waals surface area contributed by atoms with E-state index in [2.05, 4.69) is 43.4 Å². The second-order valence-corrected chi connectivity index (χ2v) is 6.05. The molecule has 1 N–H and O–H groups in total. The van der Waals surface area contributed by atoms with Gasteiger partial charge in [-0.3, -0.25) is 0 Å². The first-order chi connectivity index (χ1) is 7.99. The van der Waals surface area contributed by atoms with Crippen molar-refractivity contribution in [3.05, 3.63) is 16.1 Å². The van der Waals surface area contributed by atoms with Gasteiger partial charge in [-0.2, -0.15) is 0 Å². The van der Waals surface area contributed by atoms with Gasteiger partial charge in [-0.25, -0.2) is 4.98 Å². The van der Waals surface area contributed by atoms with E-state index in [9.17, 15) is 0 Å². The van der Waals surface area contributed by atoms with Gasteiger partial charge in [0.05, 0.1) is 5.69 Å². The molecule has 98 valence electrons. The molecule has 1 atom stereocenters. The van der Waals surface area contributed by atoms with Crippen molar-refractivity contribution in [3.8, 4) is 0 Å². The van der Waals surface area contributed by atoms with E-state index in [1.165, 1.54) is 0 Å². The summed E-state index contributed by atoms with van der Waals surface area (Å²) in [6.07, 6.45) is 0.0906. The van der Waals surface area contributed by atoms with Gasteiger partial charge in [0.15, 0.2) is 0 Å². The fraction of sp³-hybridized carbons (Fsp3) is 0.769. The molecular formula is C13H24N2OS. The standard InChI is InChI=1S/C13H24N2OS/c1-6-14-8-10-9-17-12(15-10)11(16-7-2)13(3,4)5/h9,11,14H,6-8H2,1-5H3. The van der Waals surface area contributed by atoms with Crippen molar-refractivity contribution in [2.45, 2.75) is 47.3 Å². The molecule has 0 fully saturated rings. The zero-order valence-electron chi connectivity index (χ0n) is 11.5. The lowest BCUT2D eigenvalue weighted by Gasteiger charge is -2.28. The van der Waals surface area contributed by atoms with Gasteiger partial charge in [0, 0.05) is 18.5 Å². The molecule has 0 saturated carbocycles. The molecular weight excluding hydrogens is 232 g/mol. The molecule has 1 rings (SSSR count). The number of ether oxygens (including phenoxy) is 1. The molecule has 0 bridgehead atoms. The zero-order valence-corrected chi connectivity index (χ0v) is 12.4. The maximum Gasteiger partial charge on any atom is 0.122 e. The average molecular weight is 256 g/mol. The normalized spacial score (nSPS) is 13.9. The number of nitrogens with one attached hydrogen (secondary N) is 1. The van der Waals surface area contributed by atoms with E-state index in [0.717, 1.165) is 30.4 Å². The molecule has 0 saturated heterocycles. The minimum Gasteiger partial charge on any atom is -0.371 e. The number of aromatic nitrogens is 1. The van der Waals surface area contributed by atoms with Crippen LogP contribution in [-0.4, -0.2) is 18.1 Å². The van der Waals surface area contributed by atoms with Crippen LogP contribution in [0.25, 0.3) is 0 Å². The molecule has 1 aromatic heterocycles. The topological polar surface area (TPSA) is 34.1 Å². The fourth-order valence-corrected chi connectivity index (χ4v) is 2.74. The van der Waals surface area contributed by atoms with E-state index < -0.39 is 0 Å². The van der Waals surface area contributed by atoms with Crippen molar-refractivity contribution in [1.29, 1.82) is 0 Å². The number of hydrogen-bond donors (Lipinski definition) is 1. The molecule has 0 aromatic carbocycles. The smallest absolute Gasteiger partial charge is 0.122 e. The number of hydrogen-bond acceptors (Lipinski definition) is 4. The van der Waals surface area contributed by atoms with Crippen molar-refractivity contribution < 1.29 is 4.74 Å². The highest BCUT2D eigenvalue weighted by Crippen LogP contribution is 2.37. The van der Waals surface area contributed by atoms with E-state index in [4.69, 9.17) is 4.74 Å². The molecule has 0 aliphatic carbocycles. The Balaban J connectivity index is 2.77. The quantitative estimate of drug-likeness (QED) is 0.847. The second kappa shape index (κ2) is 6.47. The lowest BCUT2D eigenvalue weighted by Crippen LogP contribution is -2.21. The van der Waals surface area contributed by atoms with Crippen LogP contribution in [0.3, 0.4) is 0 Å². The van der Waals surface area contributed by atoms with Crippen molar-refractivity contribution in [1.82, 2.24) is 10.3 Å². The highest BCUT2D eigenvalue weighted by Gasteiger charge is 2.29. The van der Waals surface area contributed by atoms with Gasteiger partial charge in [0.25, 0.3) is 0 Å². The van der Waals surface area contributed by atoms with Gasteiger partial charge in [0.2, 0.25) is 0 Å². The van der Waals surface area contributed by atoms with Crippen LogP contribution in [0.1, 0.15) is 51.4 Å². The Morgan fingerprint density at radius 1 is 1.41 bits per heavy atom. The lowest BCUT2D eigenvalue weighted by atomic mass is 9.89. The van der Waals surface area contributed by atoms with Gasteiger partial charge in [-0.15, -0.1) is 11.3 Å². The van der Waals surface area contributed by atoms with Gasteiger partial charge in [0.1, 0.15) is 11.1 Å². The van der Waals surface area contributed by atoms with Crippen molar-refractivity contribution in [2.75, 3.05) is 13.2 Å². The van der Waals surface area contributed by atoms with Crippen LogP contribution in [0, 0.1) is 5.41 Å². The molecule has 17 heavy (non-hydrogen) atoms. The maximum atomic E-state index is 5.84. The van der Waals surface area contributed by atoms with E-state index in [0.29, 0.717) is 0 Å². The largest absolute Gasteiger partial charge is 0.371 e. The van der Waals surface area contributed by atoms with Crippen LogP contribution in [0.4, 0.5) is 0 Å². The van der Waals surface area contributed by atoms with Crippen molar-refractivity contribution in [3.63, 3.8) is 0 Å². The Bertz CT molecular complexity index is 330. The molecule has 3 nitrogen and oxygen atoms in total. The molecule has 0 amide bonds. The van der Waals surface area contributed by atoms with Crippen LogP contribution in [0.5, 0.6) is 0 Å². The van der Waals surface area contributed by atoms with Crippen LogP contribution < -0.4 is 5.32 Å².